The van der Waals surface area contributed by atoms with Gasteiger partial charge in [-0.2, -0.15) is 5.10 Å². The second kappa shape index (κ2) is 5.04. The molecule has 2 N–H and O–H groups in total. The van der Waals surface area contributed by atoms with E-state index in [-0.39, 0.29) is 11.8 Å². The van der Waals surface area contributed by atoms with Gasteiger partial charge >= 0.3 is 0 Å². The number of hydrogen-bond donors (Lipinski definition) is 2. The van der Waals surface area contributed by atoms with E-state index < -0.39 is 0 Å². The predicted octanol–water partition coefficient (Wildman–Crippen LogP) is 2.98. The van der Waals surface area contributed by atoms with Gasteiger partial charge in [-0.1, -0.05) is 26.0 Å². The van der Waals surface area contributed by atoms with Crippen LogP contribution in [0.25, 0.3) is 11.3 Å². The van der Waals surface area contributed by atoms with E-state index in [1.54, 1.807) is 0 Å². The van der Waals surface area contributed by atoms with Gasteiger partial charge < -0.3 is 5.32 Å². The Labute approximate surface area is 106 Å². The van der Waals surface area contributed by atoms with Crippen molar-refractivity contribution >= 4 is 11.6 Å². The van der Waals surface area contributed by atoms with Crippen LogP contribution in [-0.2, 0) is 4.79 Å². The van der Waals surface area contributed by atoms with Gasteiger partial charge in [0.1, 0.15) is 0 Å². The lowest BCUT2D eigenvalue weighted by molar-refractivity contribution is -0.118. The lowest BCUT2D eigenvalue weighted by Gasteiger charge is -2.07. The normalized spacial score (nSPS) is 10.7. The fraction of sp³-hybridized carbons (Fsp3) is 0.286. The summed E-state index contributed by atoms with van der Waals surface area (Å²) in [5.41, 5.74) is 3.78. The second-order valence-electron chi connectivity index (χ2n) is 4.66. The van der Waals surface area contributed by atoms with Crippen LogP contribution in [0.4, 0.5) is 5.69 Å². The summed E-state index contributed by atoms with van der Waals surface area (Å²) in [5.74, 6) is 0.0111. The molecule has 0 spiro atoms. The number of anilines is 1. The molecule has 0 unspecified atom stereocenters. The molecule has 4 heteroatoms. The summed E-state index contributed by atoms with van der Waals surface area (Å²) >= 11 is 0. The van der Waals surface area contributed by atoms with Gasteiger partial charge in [-0.05, 0) is 25.1 Å². The van der Waals surface area contributed by atoms with Crippen LogP contribution in [0.2, 0.25) is 0 Å². The van der Waals surface area contributed by atoms with E-state index in [9.17, 15) is 4.79 Å². The monoisotopic (exact) mass is 243 g/mol. The van der Waals surface area contributed by atoms with Crippen LogP contribution in [0, 0.1) is 12.8 Å². The number of nitrogens with zero attached hydrogens (tertiary/aromatic N) is 1. The first kappa shape index (κ1) is 12.4. The summed E-state index contributed by atoms with van der Waals surface area (Å²) in [6, 6.07) is 9.66. The molecule has 0 radical (unpaired) electrons. The molecule has 0 bridgehead atoms. The smallest absolute Gasteiger partial charge is 0.226 e. The standard InChI is InChI=1S/C14H17N3O/c1-9(2)14(18)15-12-6-4-11(5-7-12)13-8-10(3)16-17-13/h4-9H,1-3H3,(H,15,18)(H,16,17). The lowest BCUT2D eigenvalue weighted by atomic mass is 10.1. The molecule has 18 heavy (non-hydrogen) atoms. The summed E-state index contributed by atoms with van der Waals surface area (Å²) < 4.78 is 0. The van der Waals surface area contributed by atoms with Crippen molar-refractivity contribution in [3.05, 3.63) is 36.0 Å². The number of aromatic amines is 1. The van der Waals surface area contributed by atoms with E-state index in [0.29, 0.717) is 0 Å². The van der Waals surface area contributed by atoms with Gasteiger partial charge in [-0.15, -0.1) is 0 Å². The number of aromatic nitrogens is 2. The quantitative estimate of drug-likeness (QED) is 0.870. The summed E-state index contributed by atoms with van der Waals surface area (Å²) in [6.45, 7) is 5.71. The molecular weight excluding hydrogens is 226 g/mol. The van der Waals surface area contributed by atoms with Crippen molar-refractivity contribution in [1.82, 2.24) is 10.2 Å². The van der Waals surface area contributed by atoms with Crippen molar-refractivity contribution in [3.8, 4) is 11.3 Å². The molecular formula is C14H17N3O. The number of amides is 1. The number of hydrogen-bond acceptors (Lipinski definition) is 2. The molecule has 94 valence electrons. The van der Waals surface area contributed by atoms with Crippen molar-refractivity contribution in [3.63, 3.8) is 0 Å². The molecule has 1 aromatic carbocycles. The van der Waals surface area contributed by atoms with Crippen LogP contribution in [-0.4, -0.2) is 16.1 Å². The van der Waals surface area contributed by atoms with Crippen molar-refractivity contribution in [1.29, 1.82) is 0 Å². The van der Waals surface area contributed by atoms with Crippen LogP contribution >= 0.6 is 0 Å². The zero-order valence-corrected chi connectivity index (χ0v) is 10.8. The number of H-pyrrole nitrogens is 1. The average Bonchev–Trinajstić information content (AvgIpc) is 2.76. The molecule has 0 aliphatic rings. The molecule has 0 saturated heterocycles. The molecule has 0 aliphatic carbocycles. The Morgan fingerprint density at radius 3 is 2.44 bits per heavy atom. The van der Waals surface area contributed by atoms with Gasteiger partial charge in [0.2, 0.25) is 5.91 Å². The van der Waals surface area contributed by atoms with Crippen molar-refractivity contribution in [2.24, 2.45) is 5.92 Å². The Bertz CT molecular complexity index is 540. The Hall–Kier alpha value is -2.10. The molecule has 4 nitrogen and oxygen atoms in total. The Balaban J connectivity index is 2.13. The van der Waals surface area contributed by atoms with Crippen LogP contribution in [0.1, 0.15) is 19.5 Å². The average molecular weight is 243 g/mol. The third-order valence-electron chi connectivity index (χ3n) is 2.68. The van der Waals surface area contributed by atoms with Crippen molar-refractivity contribution in [2.45, 2.75) is 20.8 Å². The maximum Gasteiger partial charge on any atom is 0.226 e. The highest BCUT2D eigenvalue weighted by atomic mass is 16.1. The highest BCUT2D eigenvalue weighted by Crippen LogP contribution is 2.20. The van der Waals surface area contributed by atoms with Gasteiger partial charge in [0.05, 0.1) is 5.69 Å². The van der Waals surface area contributed by atoms with E-state index >= 15 is 0 Å². The number of carbonyl (C=O) groups excluding carboxylic acids is 1. The number of rotatable bonds is 3. The fourth-order valence-electron chi connectivity index (χ4n) is 1.58. The molecule has 2 rings (SSSR count). The van der Waals surface area contributed by atoms with Gasteiger partial charge in [0.15, 0.2) is 0 Å². The summed E-state index contributed by atoms with van der Waals surface area (Å²) in [6.07, 6.45) is 0. The minimum Gasteiger partial charge on any atom is -0.326 e. The Morgan fingerprint density at radius 1 is 1.28 bits per heavy atom. The Morgan fingerprint density at radius 2 is 1.94 bits per heavy atom. The molecule has 0 aliphatic heterocycles. The maximum absolute atomic E-state index is 11.5. The molecule has 1 aromatic heterocycles. The third kappa shape index (κ3) is 2.77. The van der Waals surface area contributed by atoms with Crippen molar-refractivity contribution in [2.75, 3.05) is 5.32 Å². The number of nitrogens with one attached hydrogen (secondary N) is 2. The SMILES string of the molecule is Cc1cc(-c2ccc(NC(=O)C(C)C)cc2)n[nH]1. The van der Waals surface area contributed by atoms with Gasteiger partial charge in [-0.25, -0.2) is 0 Å². The maximum atomic E-state index is 11.5. The largest absolute Gasteiger partial charge is 0.326 e. The summed E-state index contributed by atoms with van der Waals surface area (Å²) in [4.78, 5) is 11.5. The zero-order chi connectivity index (χ0) is 13.1. The molecule has 0 atom stereocenters. The number of carbonyl (C=O) groups is 1. The van der Waals surface area contributed by atoms with Crippen LogP contribution in [0.15, 0.2) is 30.3 Å². The minimum absolute atomic E-state index is 0.0151. The van der Waals surface area contributed by atoms with E-state index in [4.69, 9.17) is 0 Å². The molecule has 1 amide bonds. The first-order valence-electron chi connectivity index (χ1n) is 5.99. The molecule has 1 heterocycles. The van der Waals surface area contributed by atoms with E-state index in [1.165, 1.54) is 0 Å². The lowest BCUT2D eigenvalue weighted by Crippen LogP contribution is -2.17. The third-order valence-corrected chi connectivity index (χ3v) is 2.68. The molecule has 0 fully saturated rings. The first-order chi connectivity index (χ1) is 8.56. The molecule has 0 saturated carbocycles. The zero-order valence-electron chi connectivity index (χ0n) is 10.8. The van der Waals surface area contributed by atoms with Crippen LogP contribution in [0.3, 0.4) is 0 Å². The van der Waals surface area contributed by atoms with Gasteiger partial charge in [0, 0.05) is 22.9 Å². The number of benzene rings is 1. The predicted molar refractivity (Wildman–Crippen MR) is 72.2 cm³/mol. The summed E-state index contributed by atoms with van der Waals surface area (Å²) in [5, 5.41) is 9.96. The van der Waals surface area contributed by atoms with Crippen LogP contribution < -0.4 is 5.32 Å². The first-order valence-corrected chi connectivity index (χ1v) is 5.99. The fourth-order valence-corrected chi connectivity index (χ4v) is 1.58. The van der Waals surface area contributed by atoms with E-state index in [2.05, 4.69) is 15.5 Å². The van der Waals surface area contributed by atoms with Gasteiger partial charge in [0.25, 0.3) is 0 Å². The van der Waals surface area contributed by atoms with Crippen LogP contribution in [0.5, 0.6) is 0 Å². The highest BCUT2D eigenvalue weighted by Gasteiger charge is 2.07. The topological polar surface area (TPSA) is 57.8 Å². The second-order valence-corrected chi connectivity index (χ2v) is 4.66. The Kier molecular flexibility index (Phi) is 3.46. The van der Waals surface area contributed by atoms with Crippen molar-refractivity contribution < 1.29 is 4.79 Å². The van der Waals surface area contributed by atoms with Gasteiger partial charge in [-0.3, -0.25) is 9.89 Å². The number of aryl methyl sites for hydroxylation is 1. The summed E-state index contributed by atoms with van der Waals surface area (Å²) in [7, 11) is 0. The highest BCUT2D eigenvalue weighted by molar-refractivity contribution is 5.92. The van der Waals surface area contributed by atoms with E-state index in [0.717, 1.165) is 22.6 Å². The molecule has 2 aromatic rings. The van der Waals surface area contributed by atoms with E-state index in [1.807, 2.05) is 51.1 Å². The minimum atomic E-state index is -0.0151.